The van der Waals surface area contributed by atoms with Crippen LogP contribution in [0, 0.1) is 0 Å². The number of benzene rings is 2. The molecule has 0 aliphatic carbocycles. The number of fused-ring (bicyclic) bond motifs is 2. The van der Waals surface area contributed by atoms with E-state index >= 15 is 0 Å². The van der Waals surface area contributed by atoms with Gasteiger partial charge in [-0.1, -0.05) is 18.2 Å². The number of nitrogens with zero attached hydrogens (tertiary/aromatic N) is 1. The molecule has 3 heterocycles. The zero-order valence-electron chi connectivity index (χ0n) is 18.5. The van der Waals surface area contributed by atoms with Crippen LogP contribution in [0.2, 0.25) is 0 Å². The molecule has 33 heavy (non-hydrogen) atoms. The molecule has 2 aromatic carbocycles. The molecule has 0 bridgehead atoms. The average Bonchev–Trinajstić information content (AvgIpc) is 3.43. The fourth-order valence-corrected chi connectivity index (χ4v) is 4.38. The molecule has 3 N–H and O–H groups in total. The predicted octanol–water partition coefficient (Wildman–Crippen LogP) is 1.42. The standard InChI is InChI=1S/C24H26N4O5/c1-2-31-24(30)23-22(17-12-19-20(33-15-32-19)13-18(17)25-23)26-21(29)14-27-8-10-28(11-9-27)16-6-4-3-5-7-16/h3-7,12-13,25H,2,8-11,14-15H2,1H3,(H,26,29)/p+1. The summed E-state index contributed by atoms with van der Waals surface area (Å²) in [7, 11) is 0. The average molecular weight is 452 g/mol. The zero-order chi connectivity index (χ0) is 22.8. The summed E-state index contributed by atoms with van der Waals surface area (Å²) in [6, 6.07) is 13.8. The molecule has 3 aromatic rings. The molecule has 9 nitrogen and oxygen atoms in total. The van der Waals surface area contributed by atoms with E-state index in [2.05, 4.69) is 27.3 Å². The molecule has 9 heteroatoms. The summed E-state index contributed by atoms with van der Waals surface area (Å²) in [5, 5.41) is 3.63. The minimum Gasteiger partial charge on any atom is -0.461 e. The minimum atomic E-state index is -0.519. The van der Waals surface area contributed by atoms with Crippen LogP contribution < -0.4 is 24.6 Å². The maximum Gasteiger partial charge on any atom is 0.356 e. The highest BCUT2D eigenvalue weighted by Crippen LogP contribution is 2.39. The Morgan fingerprint density at radius 2 is 1.85 bits per heavy atom. The van der Waals surface area contributed by atoms with Crippen molar-refractivity contribution in [1.29, 1.82) is 0 Å². The molecular formula is C24H27N4O5+. The number of H-pyrrole nitrogens is 1. The van der Waals surface area contributed by atoms with E-state index in [0.717, 1.165) is 26.2 Å². The Balaban J connectivity index is 1.30. The normalized spacial score (nSPS) is 15.6. The number of aromatic amines is 1. The van der Waals surface area contributed by atoms with Crippen molar-refractivity contribution < 1.29 is 28.7 Å². The predicted molar refractivity (Wildman–Crippen MR) is 123 cm³/mol. The minimum absolute atomic E-state index is 0.146. The van der Waals surface area contributed by atoms with Crippen molar-refractivity contribution in [3.05, 3.63) is 48.2 Å². The van der Waals surface area contributed by atoms with Crippen LogP contribution in [0.15, 0.2) is 42.5 Å². The summed E-state index contributed by atoms with van der Waals surface area (Å²) in [5.74, 6) is 0.505. The van der Waals surface area contributed by atoms with Gasteiger partial charge in [-0.15, -0.1) is 0 Å². The van der Waals surface area contributed by atoms with Gasteiger partial charge in [0, 0.05) is 17.1 Å². The van der Waals surface area contributed by atoms with E-state index in [1.807, 2.05) is 18.2 Å². The third kappa shape index (κ3) is 4.31. The second-order valence-corrected chi connectivity index (χ2v) is 8.14. The van der Waals surface area contributed by atoms with Gasteiger partial charge in [0.05, 0.1) is 44.0 Å². The maximum absolute atomic E-state index is 13.0. The van der Waals surface area contributed by atoms with Crippen LogP contribution in [-0.4, -0.2) is 63.0 Å². The molecule has 0 atom stereocenters. The number of amides is 1. The van der Waals surface area contributed by atoms with Gasteiger partial charge < -0.3 is 34.3 Å². The van der Waals surface area contributed by atoms with Crippen LogP contribution in [0.4, 0.5) is 11.4 Å². The number of para-hydroxylation sites is 1. The number of hydrogen-bond acceptors (Lipinski definition) is 6. The molecule has 2 aliphatic rings. The van der Waals surface area contributed by atoms with Gasteiger partial charge in [-0.3, -0.25) is 4.79 Å². The van der Waals surface area contributed by atoms with Crippen LogP contribution in [0.1, 0.15) is 17.4 Å². The number of nitrogens with one attached hydrogen (secondary N) is 3. The van der Waals surface area contributed by atoms with Crippen molar-refractivity contribution in [3.63, 3.8) is 0 Å². The number of ether oxygens (including phenoxy) is 3. The molecule has 0 radical (unpaired) electrons. The second-order valence-electron chi connectivity index (χ2n) is 8.14. The molecule has 0 unspecified atom stereocenters. The summed E-state index contributed by atoms with van der Waals surface area (Å²) in [4.78, 5) is 32.1. The van der Waals surface area contributed by atoms with Crippen molar-refractivity contribution in [1.82, 2.24) is 4.98 Å². The van der Waals surface area contributed by atoms with Crippen LogP contribution in [0.3, 0.4) is 0 Å². The number of piperazine rings is 1. The molecule has 0 saturated carbocycles. The van der Waals surface area contributed by atoms with E-state index < -0.39 is 5.97 Å². The first kappa shape index (κ1) is 21.1. The van der Waals surface area contributed by atoms with Gasteiger partial charge in [0.15, 0.2) is 18.0 Å². The summed E-state index contributed by atoms with van der Waals surface area (Å²) in [5.41, 5.74) is 2.50. The highest BCUT2D eigenvalue weighted by atomic mass is 16.7. The van der Waals surface area contributed by atoms with Gasteiger partial charge in [0.2, 0.25) is 6.79 Å². The molecule has 0 spiro atoms. The number of rotatable bonds is 6. The van der Waals surface area contributed by atoms with E-state index in [9.17, 15) is 9.59 Å². The fourth-order valence-electron chi connectivity index (χ4n) is 4.38. The SMILES string of the molecule is CCOC(=O)c1[nH]c2cc3c(cc2c1NC(=O)C[NH+]1CCN(c2ccccc2)CC1)OCO3. The lowest BCUT2D eigenvalue weighted by Crippen LogP contribution is -3.15. The Morgan fingerprint density at radius 3 is 2.58 bits per heavy atom. The second kappa shape index (κ2) is 9.03. The van der Waals surface area contributed by atoms with E-state index in [4.69, 9.17) is 14.2 Å². The summed E-state index contributed by atoms with van der Waals surface area (Å²) < 4.78 is 16.1. The van der Waals surface area contributed by atoms with Crippen molar-refractivity contribution in [2.24, 2.45) is 0 Å². The van der Waals surface area contributed by atoms with Crippen molar-refractivity contribution in [3.8, 4) is 11.5 Å². The number of quaternary nitrogens is 1. The zero-order valence-corrected chi connectivity index (χ0v) is 18.5. The van der Waals surface area contributed by atoms with Crippen LogP contribution in [0.5, 0.6) is 11.5 Å². The van der Waals surface area contributed by atoms with Crippen LogP contribution in [0.25, 0.3) is 10.9 Å². The smallest absolute Gasteiger partial charge is 0.356 e. The van der Waals surface area contributed by atoms with Gasteiger partial charge in [-0.2, -0.15) is 0 Å². The molecule has 1 aromatic heterocycles. The Labute approximate surface area is 191 Å². The molecule has 5 rings (SSSR count). The Morgan fingerprint density at radius 1 is 1.12 bits per heavy atom. The van der Waals surface area contributed by atoms with Gasteiger partial charge >= 0.3 is 5.97 Å². The van der Waals surface area contributed by atoms with E-state index in [1.165, 1.54) is 10.6 Å². The molecule has 1 saturated heterocycles. The first-order valence-corrected chi connectivity index (χ1v) is 11.2. The lowest BCUT2D eigenvalue weighted by Gasteiger charge is -2.33. The number of carbonyl (C=O) groups excluding carboxylic acids is 2. The van der Waals surface area contributed by atoms with Crippen LogP contribution >= 0.6 is 0 Å². The first-order valence-electron chi connectivity index (χ1n) is 11.2. The number of aromatic nitrogens is 1. The Bertz CT molecular complexity index is 1170. The third-order valence-corrected chi connectivity index (χ3v) is 6.04. The van der Waals surface area contributed by atoms with E-state index in [-0.39, 0.29) is 25.0 Å². The summed E-state index contributed by atoms with van der Waals surface area (Å²) in [6.45, 7) is 5.94. The fraction of sp³-hybridized carbons (Fsp3) is 0.333. The molecular weight excluding hydrogens is 424 g/mol. The lowest BCUT2D eigenvalue weighted by atomic mass is 10.2. The molecule has 1 amide bonds. The largest absolute Gasteiger partial charge is 0.461 e. The molecule has 172 valence electrons. The van der Waals surface area contributed by atoms with Gasteiger partial charge in [0.25, 0.3) is 5.91 Å². The Kier molecular flexibility index (Phi) is 5.78. The van der Waals surface area contributed by atoms with E-state index in [0.29, 0.717) is 34.6 Å². The van der Waals surface area contributed by atoms with Crippen molar-refractivity contribution in [2.45, 2.75) is 6.92 Å². The van der Waals surface area contributed by atoms with Gasteiger partial charge in [-0.05, 0) is 25.1 Å². The maximum atomic E-state index is 13.0. The number of hydrogen-bond donors (Lipinski definition) is 3. The number of carbonyl (C=O) groups is 2. The summed E-state index contributed by atoms with van der Waals surface area (Å²) >= 11 is 0. The number of anilines is 2. The van der Waals surface area contributed by atoms with Crippen molar-refractivity contribution in [2.75, 3.05) is 56.3 Å². The van der Waals surface area contributed by atoms with Crippen LogP contribution in [-0.2, 0) is 9.53 Å². The highest BCUT2D eigenvalue weighted by Gasteiger charge is 2.27. The quantitative estimate of drug-likeness (QED) is 0.491. The van der Waals surface area contributed by atoms with Gasteiger partial charge in [0.1, 0.15) is 5.69 Å². The monoisotopic (exact) mass is 451 g/mol. The number of esters is 1. The van der Waals surface area contributed by atoms with Crippen molar-refractivity contribution >= 4 is 34.2 Å². The van der Waals surface area contributed by atoms with E-state index in [1.54, 1.807) is 19.1 Å². The third-order valence-electron chi connectivity index (χ3n) is 6.04. The molecule has 1 fully saturated rings. The first-order chi connectivity index (χ1) is 16.1. The topological polar surface area (TPSA) is 97.3 Å². The highest BCUT2D eigenvalue weighted by molar-refractivity contribution is 6.11. The Hall–Kier alpha value is -3.72. The van der Waals surface area contributed by atoms with Gasteiger partial charge in [-0.25, -0.2) is 4.79 Å². The molecule has 2 aliphatic heterocycles. The summed E-state index contributed by atoms with van der Waals surface area (Å²) in [6.07, 6.45) is 0. The lowest BCUT2D eigenvalue weighted by molar-refractivity contribution is -0.892.